The summed E-state index contributed by atoms with van der Waals surface area (Å²) >= 11 is 0. The van der Waals surface area contributed by atoms with Crippen molar-refractivity contribution in [3.63, 3.8) is 0 Å². The van der Waals surface area contributed by atoms with E-state index in [-0.39, 0.29) is 17.2 Å². The number of ether oxygens (including phenoxy) is 2. The number of aliphatic hydroxyl groups excluding tert-OH is 1. The van der Waals surface area contributed by atoms with Gasteiger partial charge >= 0.3 is 0 Å². The van der Waals surface area contributed by atoms with E-state index in [9.17, 15) is 13.5 Å². The largest absolute Gasteiger partial charge is 0.497 e. The molecule has 106 valence electrons. The SMILES string of the molecule is COc1ccc(OC)c(S(=O)(=O)N2CC[C@H](O)C2)c1. The van der Waals surface area contributed by atoms with Gasteiger partial charge in [0, 0.05) is 19.2 Å². The van der Waals surface area contributed by atoms with Gasteiger partial charge in [0.2, 0.25) is 10.0 Å². The first-order valence-electron chi connectivity index (χ1n) is 5.89. The van der Waals surface area contributed by atoms with Crippen molar-refractivity contribution in [1.29, 1.82) is 0 Å². The smallest absolute Gasteiger partial charge is 0.246 e. The van der Waals surface area contributed by atoms with Crippen molar-refractivity contribution >= 4 is 10.0 Å². The first-order valence-corrected chi connectivity index (χ1v) is 7.33. The van der Waals surface area contributed by atoms with Crippen LogP contribution in [0.5, 0.6) is 11.5 Å². The number of aliphatic hydroxyl groups is 1. The van der Waals surface area contributed by atoms with Crippen molar-refractivity contribution in [3.05, 3.63) is 18.2 Å². The highest BCUT2D eigenvalue weighted by atomic mass is 32.2. The number of methoxy groups -OCH3 is 2. The van der Waals surface area contributed by atoms with E-state index in [1.165, 1.54) is 24.6 Å². The topological polar surface area (TPSA) is 76.1 Å². The van der Waals surface area contributed by atoms with Gasteiger partial charge in [-0.25, -0.2) is 8.42 Å². The lowest BCUT2D eigenvalue weighted by molar-refractivity contribution is 0.189. The molecule has 19 heavy (non-hydrogen) atoms. The lowest BCUT2D eigenvalue weighted by Gasteiger charge is -2.18. The molecule has 0 saturated carbocycles. The summed E-state index contributed by atoms with van der Waals surface area (Å²) in [6.07, 6.45) is -0.155. The highest BCUT2D eigenvalue weighted by Gasteiger charge is 2.33. The molecule has 1 atom stereocenters. The van der Waals surface area contributed by atoms with Crippen LogP contribution in [0.4, 0.5) is 0 Å². The van der Waals surface area contributed by atoms with Crippen LogP contribution in [0.1, 0.15) is 6.42 Å². The van der Waals surface area contributed by atoms with Crippen LogP contribution in [-0.4, -0.2) is 51.2 Å². The van der Waals surface area contributed by atoms with Crippen molar-refractivity contribution < 1.29 is 23.0 Å². The van der Waals surface area contributed by atoms with Crippen LogP contribution < -0.4 is 9.47 Å². The van der Waals surface area contributed by atoms with E-state index in [2.05, 4.69) is 0 Å². The zero-order valence-corrected chi connectivity index (χ0v) is 11.7. The first-order chi connectivity index (χ1) is 8.98. The summed E-state index contributed by atoms with van der Waals surface area (Å²) in [6, 6.07) is 4.62. The summed E-state index contributed by atoms with van der Waals surface area (Å²) in [4.78, 5) is 0.0588. The second kappa shape index (κ2) is 5.36. The van der Waals surface area contributed by atoms with Crippen LogP contribution in [0.3, 0.4) is 0 Å². The van der Waals surface area contributed by atoms with Crippen molar-refractivity contribution in [2.45, 2.75) is 17.4 Å². The Bertz CT molecular complexity index is 557. The summed E-state index contributed by atoms with van der Waals surface area (Å²) < 4.78 is 36.4. The van der Waals surface area contributed by atoms with Crippen LogP contribution in [0.25, 0.3) is 0 Å². The number of rotatable bonds is 4. The van der Waals surface area contributed by atoms with E-state index in [1.807, 2.05) is 0 Å². The van der Waals surface area contributed by atoms with Crippen molar-refractivity contribution in [3.8, 4) is 11.5 Å². The van der Waals surface area contributed by atoms with Gasteiger partial charge in [0.15, 0.2) is 0 Å². The number of nitrogens with zero attached hydrogens (tertiary/aromatic N) is 1. The second-order valence-electron chi connectivity index (χ2n) is 4.32. The van der Waals surface area contributed by atoms with Crippen LogP contribution >= 0.6 is 0 Å². The highest BCUT2D eigenvalue weighted by Crippen LogP contribution is 2.31. The van der Waals surface area contributed by atoms with Gasteiger partial charge in [-0.1, -0.05) is 0 Å². The molecule has 1 N–H and O–H groups in total. The van der Waals surface area contributed by atoms with Gasteiger partial charge in [-0.15, -0.1) is 0 Å². The quantitative estimate of drug-likeness (QED) is 0.870. The van der Waals surface area contributed by atoms with Gasteiger partial charge in [-0.2, -0.15) is 4.31 Å². The molecule has 0 radical (unpaired) electrons. The number of hydrogen-bond donors (Lipinski definition) is 1. The molecule has 1 aromatic rings. The Kier molecular flexibility index (Phi) is 3.98. The average molecular weight is 287 g/mol. The minimum Gasteiger partial charge on any atom is -0.497 e. The van der Waals surface area contributed by atoms with Crippen molar-refractivity contribution in [2.24, 2.45) is 0 Å². The highest BCUT2D eigenvalue weighted by molar-refractivity contribution is 7.89. The van der Waals surface area contributed by atoms with Crippen LogP contribution in [0.2, 0.25) is 0 Å². The molecule has 1 heterocycles. The number of hydrogen-bond acceptors (Lipinski definition) is 5. The van der Waals surface area contributed by atoms with E-state index in [1.54, 1.807) is 12.1 Å². The van der Waals surface area contributed by atoms with Gasteiger partial charge in [-0.05, 0) is 18.6 Å². The van der Waals surface area contributed by atoms with Crippen LogP contribution in [-0.2, 0) is 10.0 Å². The van der Waals surface area contributed by atoms with Gasteiger partial charge in [-0.3, -0.25) is 0 Å². The number of benzene rings is 1. The van der Waals surface area contributed by atoms with Crippen molar-refractivity contribution in [1.82, 2.24) is 4.31 Å². The Morgan fingerprint density at radius 2 is 2.05 bits per heavy atom. The monoisotopic (exact) mass is 287 g/mol. The third kappa shape index (κ3) is 2.68. The molecule has 0 amide bonds. The number of sulfonamides is 1. The molecule has 0 unspecified atom stereocenters. The summed E-state index contributed by atoms with van der Waals surface area (Å²) in [6.45, 7) is 0.423. The Morgan fingerprint density at radius 1 is 1.32 bits per heavy atom. The molecule has 0 bridgehead atoms. The second-order valence-corrected chi connectivity index (χ2v) is 6.23. The van der Waals surface area contributed by atoms with Gasteiger partial charge in [0.05, 0.1) is 20.3 Å². The predicted molar refractivity (Wildman–Crippen MR) is 68.9 cm³/mol. The van der Waals surface area contributed by atoms with Gasteiger partial charge in [0.25, 0.3) is 0 Å². The summed E-state index contributed by atoms with van der Waals surface area (Å²) in [5.41, 5.74) is 0. The molecule has 7 heteroatoms. The standard InChI is InChI=1S/C12H17NO5S/c1-17-10-3-4-11(18-2)12(7-10)19(15,16)13-6-5-9(14)8-13/h3-4,7,9,14H,5-6,8H2,1-2H3/t9-/m0/s1. The average Bonchev–Trinajstić information content (AvgIpc) is 2.85. The molecule has 6 nitrogen and oxygen atoms in total. The maximum absolute atomic E-state index is 12.5. The van der Waals surface area contributed by atoms with E-state index in [0.717, 1.165) is 0 Å². The zero-order chi connectivity index (χ0) is 14.0. The number of β-amino-alcohol motifs (C(OH)–C–C–N with tert-alkyl or cyclic N) is 1. The molecule has 2 rings (SSSR count). The van der Waals surface area contributed by atoms with E-state index < -0.39 is 16.1 Å². The fourth-order valence-electron chi connectivity index (χ4n) is 2.05. The summed E-state index contributed by atoms with van der Waals surface area (Å²) in [5, 5.41) is 9.48. The molecule has 1 saturated heterocycles. The maximum Gasteiger partial charge on any atom is 0.246 e. The third-order valence-electron chi connectivity index (χ3n) is 3.11. The Hall–Kier alpha value is -1.31. The molecule has 1 aromatic carbocycles. The van der Waals surface area contributed by atoms with Crippen LogP contribution in [0.15, 0.2) is 23.1 Å². The maximum atomic E-state index is 12.5. The molecule has 1 aliphatic rings. The lowest BCUT2D eigenvalue weighted by atomic mass is 10.3. The van der Waals surface area contributed by atoms with Crippen molar-refractivity contribution in [2.75, 3.05) is 27.3 Å². The predicted octanol–water partition coefficient (Wildman–Crippen LogP) is 0.459. The first kappa shape index (κ1) is 14.1. The molecule has 1 aliphatic heterocycles. The molecular formula is C12H17NO5S. The Balaban J connectivity index is 2.44. The molecule has 1 fully saturated rings. The Labute approximate surface area is 112 Å². The van der Waals surface area contributed by atoms with E-state index >= 15 is 0 Å². The fourth-order valence-corrected chi connectivity index (χ4v) is 3.72. The van der Waals surface area contributed by atoms with Gasteiger partial charge < -0.3 is 14.6 Å². The summed E-state index contributed by atoms with van der Waals surface area (Å²) in [7, 11) is -0.792. The minimum absolute atomic E-state index is 0.0588. The Morgan fingerprint density at radius 3 is 2.58 bits per heavy atom. The minimum atomic E-state index is -3.68. The normalized spacial score (nSPS) is 20.5. The molecule has 0 aliphatic carbocycles. The zero-order valence-electron chi connectivity index (χ0n) is 10.9. The van der Waals surface area contributed by atoms with E-state index in [4.69, 9.17) is 9.47 Å². The van der Waals surface area contributed by atoms with Gasteiger partial charge in [0.1, 0.15) is 16.4 Å². The van der Waals surface area contributed by atoms with Crippen LogP contribution in [0, 0.1) is 0 Å². The molecular weight excluding hydrogens is 270 g/mol. The third-order valence-corrected chi connectivity index (χ3v) is 5.00. The summed E-state index contributed by atoms with van der Waals surface area (Å²) in [5.74, 6) is 0.710. The van der Waals surface area contributed by atoms with E-state index in [0.29, 0.717) is 18.7 Å². The lowest BCUT2D eigenvalue weighted by Crippen LogP contribution is -2.30. The fraction of sp³-hybridized carbons (Fsp3) is 0.500. The molecule has 0 aromatic heterocycles. The molecule has 0 spiro atoms.